The molecule has 0 saturated heterocycles. The van der Waals surface area contributed by atoms with Crippen molar-refractivity contribution in [3.8, 4) is 0 Å². The molecule has 30 heavy (non-hydrogen) atoms. The van der Waals surface area contributed by atoms with Crippen LogP contribution in [0.2, 0.25) is 0 Å². The van der Waals surface area contributed by atoms with E-state index in [1.54, 1.807) is 26.0 Å². The summed E-state index contributed by atoms with van der Waals surface area (Å²) in [6.45, 7) is 5.33. The molecular weight excluding hydrogens is 427 g/mol. The topological polar surface area (TPSA) is 92.3 Å². The van der Waals surface area contributed by atoms with E-state index in [-0.39, 0.29) is 21.2 Å². The van der Waals surface area contributed by atoms with E-state index in [1.807, 2.05) is 6.92 Å². The Labute approximate surface area is 175 Å². The Morgan fingerprint density at radius 1 is 0.733 bits per heavy atom. The van der Waals surface area contributed by atoms with Gasteiger partial charge in [0.15, 0.2) is 0 Å². The van der Waals surface area contributed by atoms with Gasteiger partial charge in [-0.2, -0.15) is 0 Å². The third kappa shape index (κ3) is 4.63. The second kappa shape index (κ2) is 8.08. The van der Waals surface area contributed by atoms with E-state index in [1.165, 1.54) is 42.5 Å². The van der Waals surface area contributed by atoms with Gasteiger partial charge < -0.3 is 0 Å². The number of nitrogens with one attached hydrogen (secondary N) is 2. The van der Waals surface area contributed by atoms with Crippen LogP contribution in [0.4, 0.5) is 15.8 Å². The van der Waals surface area contributed by atoms with Crippen LogP contribution >= 0.6 is 0 Å². The van der Waals surface area contributed by atoms with Crippen molar-refractivity contribution >= 4 is 31.4 Å². The summed E-state index contributed by atoms with van der Waals surface area (Å²) in [4.78, 5) is 0.0578. The molecule has 0 unspecified atom stereocenters. The van der Waals surface area contributed by atoms with Crippen molar-refractivity contribution in [2.75, 3.05) is 9.44 Å². The van der Waals surface area contributed by atoms with Gasteiger partial charge in [0.1, 0.15) is 5.82 Å². The number of rotatable bonds is 6. The van der Waals surface area contributed by atoms with E-state index in [2.05, 4.69) is 9.44 Å². The van der Waals surface area contributed by atoms with Crippen molar-refractivity contribution in [2.45, 2.75) is 30.6 Å². The minimum atomic E-state index is -4.03. The fourth-order valence-corrected chi connectivity index (χ4v) is 5.83. The molecule has 0 amide bonds. The van der Waals surface area contributed by atoms with Crippen molar-refractivity contribution in [3.05, 3.63) is 83.2 Å². The minimum absolute atomic E-state index is 0.128. The molecule has 0 aliphatic rings. The molecule has 3 rings (SSSR count). The lowest BCUT2D eigenvalue weighted by Gasteiger charge is -2.14. The van der Waals surface area contributed by atoms with Crippen LogP contribution in [0.1, 0.15) is 16.7 Å². The molecule has 0 bridgehead atoms. The SMILES string of the molecule is Cc1cc(C)c(S(=O)(=O)Nc2ccc(S(=O)(=O)Nc3ccccc3F)cc2)c(C)c1. The van der Waals surface area contributed by atoms with Crippen LogP contribution in [0.25, 0.3) is 0 Å². The third-order valence-electron chi connectivity index (χ3n) is 4.41. The summed E-state index contributed by atoms with van der Waals surface area (Å²) in [5.74, 6) is -0.700. The number of hydrogen-bond acceptors (Lipinski definition) is 4. The molecule has 9 heteroatoms. The summed E-state index contributed by atoms with van der Waals surface area (Å²) < 4.78 is 69.0. The second-order valence-corrected chi connectivity index (χ2v) is 10.2. The monoisotopic (exact) mass is 448 g/mol. The van der Waals surface area contributed by atoms with Crippen molar-refractivity contribution in [1.29, 1.82) is 0 Å². The standard InChI is InChI=1S/C21H21FN2O4S2/c1-14-12-15(2)21(16(3)13-14)30(27,28)23-17-8-10-18(11-9-17)29(25,26)24-20-7-5-4-6-19(20)22/h4-13,23-24H,1-3H3. The molecule has 6 nitrogen and oxygen atoms in total. The largest absolute Gasteiger partial charge is 0.280 e. The average molecular weight is 449 g/mol. The van der Waals surface area contributed by atoms with Gasteiger partial charge in [0.2, 0.25) is 0 Å². The predicted molar refractivity (Wildman–Crippen MR) is 115 cm³/mol. The van der Waals surface area contributed by atoms with Gasteiger partial charge in [0, 0.05) is 5.69 Å². The Kier molecular flexibility index (Phi) is 5.87. The maximum atomic E-state index is 13.7. The molecule has 3 aromatic carbocycles. The van der Waals surface area contributed by atoms with Gasteiger partial charge in [-0.25, -0.2) is 21.2 Å². The molecule has 0 fully saturated rings. The zero-order valence-electron chi connectivity index (χ0n) is 16.6. The molecule has 0 aliphatic carbocycles. The van der Waals surface area contributed by atoms with Gasteiger partial charge in [-0.1, -0.05) is 29.8 Å². The highest BCUT2D eigenvalue weighted by Gasteiger charge is 2.21. The van der Waals surface area contributed by atoms with Gasteiger partial charge in [-0.05, 0) is 68.3 Å². The van der Waals surface area contributed by atoms with Crippen molar-refractivity contribution in [2.24, 2.45) is 0 Å². The molecule has 158 valence electrons. The Morgan fingerprint density at radius 3 is 1.87 bits per heavy atom. The number of aryl methyl sites for hydroxylation is 3. The number of benzene rings is 3. The molecule has 0 saturated carbocycles. The molecular formula is C21H21FN2O4S2. The zero-order chi connectivity index (χ0) is 22.1. The Balaban J connectivity index is 1.85. The van der Waals surface area contributed by atoms with Crippen molar-refractivity contribution < 1.29 is 21.2 Å². The summed E-state index contributed by atoms with van der Waals surface area (Å²) in [6.07, 6.45) is 0. The predicted octanol–water partition coefficient (Wildman–Crippen LogP) is 4.35. The normalized spacial score (nSPS) is 11.9. The number of hydrogen-bond donors (Lipinski definition) is 2. The molecule has 0 radical (unpaired) electrons. The van der Waals surface area contributed by atoms with E-state index < -0.39 is 25.9 Å². The van der Waals surface area contributed by atoms with Crippen LogP contribution in [0.15, 0.2) is 70.5 Å². The Bertz CT molecular complexity index is 1280. The first kappa shape index (κ1) is 21.8. The smallest absolute Gasteiger partial charge is 0.262 e. The van der Waals surface area contributed by atoms with Gasteiger partial charge in [0.25, 0.3) is 20.0 Å². The highest BCUT2D eigenvalue weighted by atomic mass is 32.2. The molecule has 0 atom stereocenters. The fraction of sp³-hybridized carbons (Fsp3) is 0.143. The lowest BCUT2D eigenvalue weighted by Crippen LogP contribution is -2.16. The molecule has 0 aromatic heterocycles. The minimum Gasteiger partial charge on any atom is -0.280 e. The first-order valence-corrected chi connectivity index (χ1v) is 11.9. The Morgan fingerprint density at radius 2 is 1.30 bits per heavy atom. The summed E-state index contributed by atoms with van der Waals surface area (Å²) in [6, 6.07) is 14.1. The highest BCUT2D eigenvalue weighted by molar-refractivity contribution is 7.93. The first-order chi connectivity index (χ1) is 14.0. The molecule has 0 heterocycles. The average Bonchev–Trinajstić information content (AvgIpc) is 2.62. The van der Waals surface area contributed by atoms with Gasteiger partial charge in [0.05, 0.1) is 15.5 Å². The van der Waals surface area contributed by atoms with Crippen LogP contribution in [0.5, 0.6) is 0 Å². The van der Waals surface area contributed by atoms with Crippen LogP contribution in [-0.4, -0.2) is 16.8 Å². The first-order valence-electron chi connectivity index (χ1n) is 8.98. The third-order valence-corrected chi connectivity index (χ3v) is 7.48. The number of para-hydroxylation sites is 1. The fourth-order valence-electron chi connectivity index (χ4n) is 3.25. The molecule has 0 aliphatic heterocycles. The molecule has 3 aromatic rings. The van der Waals surface area contributed by atoms with Gasteiger partial charge in [-0.3, -0.25) is 9.44 Å². The summed E-state index contributed by atoms with van der Waals surface area (Å²) in [5, 5.41) is 0. The lowest BCUT2D eigenvalue weighted by atomic mass is 10.1. The van der Waals surface area contributed by atoms with Crippen LogP contribution in [0.3, 0.4) is 0 Å². The van der Waals surface area contributed by atoms with E-state index in [9.17, 15) is 21.2 Å². The van der Waals surface area contributed by atoms with Crippen LogP contribution < -0.4 is 9.44 Å². The highest BCUT2D eigenvalue weighted by Crippen LogP contribution is 2.25. The maximum absolute atomic E-state index is 13.7. The van der Waals surface area contributed by atoms with Crippen LogP contribution in [-0.2, 0) is 20.0 Å². The number of sulfonamides is 2. The number of halogens is 1. The summed E-state index contributed by atoms with van der Waals surface area (Å²) >= 11 is 0. The van der Waals surface area contributed by atoms with E-state index >= 15 is 0 Å². The Hall–Kier alpha value is -2.91. The van der Waals surface area contributed by atoms with E-state index in [0.717, 1.165) is 11.6 Å². The molecule has 0 spiro atoms. The van der Waals surface area contributed by atoms with Crippen molar-refractivity contribution in [3.63, 3.8) is 0 Å². The van der Waals surface area contributed by atoms with E-state index in [0.29, 0.717) is 11.1 Å². The van der Waals surface area contributed by atoms with Gasteiger partial charge in [-0.15, -0.1) is 0 Å². The zero-order valence-corrected chi connectivity index (χ0v) is 18.2. The summed E-state index contributed by atoms with van der Waals surface area (Å²) in [5.41, 5.74) is 2.23. The lowest BCUT2D eigenvalue weighted by molar-refractivity contribution is 0.598. The maximum Gasteiger partial charge on any atom is 0.262 e. The van der Waals surface area contributed by atoms with Crippen LogP contribution in [0, 0.1) is 26.6 Å². The van der Waals surface area contributed by atoms with Crippen molar-refractivity contribution in [1.82, 2.24) is 0 Å². The molecule has 2 N–H and O–H groups in total. The quantitative estimate of drug-likeness (QED) is 0.586. The van der Waals surface area contributed by atoms with Gasteiger partial charge >= 0.3 is 0 Å². The van der Waals surface area contributed by atoms with E-state index in [4.69, 9.17) is 0 Å². The number of anilines is 2. The second-order valence-electron chi connectivity index (χ2n) is 6.94. The summed E-state index contributed by atoms with van der Waals surface area (Å²) in [7, 11) is -7.89.